The summed E-state index contributed by atoms with van der Waals surface area (Å²) >= 11 is 0. The molecular weight excluding hydrogens is 443 g/mol. The largest absolute Gasteiger partial charge is 0.416 e. The Hall–Kier alpha value is -3.59. The number of anilines is 1. The SMILES string of the molecule is OCCCCCCNc1ccc(N=Nc2ccc(N=Nc3ccc(C(F)(F)F)cc3)cc2)cc1. The van der Waals surface area contributed by atoms with E-state index in [-0.39, 0.29) is 6.61 Å². The highest BCUT2D eigenvalue weighted by atomic mass is 19.4. The second-order valence-electron chi connectivity index (χ2n) is 7.57. The summed E-state index contributed by atoms with van der Waals surface area (Å²) in [7, 11) is 0. The fourth-order valence-corrected chi connectivity index (χ4v) is 3.00. The van der Waals surface area contributed by atoms with E-state index in [1.807, 2.05) is 24.3 Å². The molecule has 0 aliphatic carbocycles. The summed E-state index contributed by atoms with van der Waals surface area (Å²) in [4.78, 5) is 0. The number of alkyl halides is 3. The van der Waals surface area contributed by atoms with E-state index in [1.165, 1.54) is 12.1 Å². The molecule has 0 aliphatic rings. The molecule has 0 aromatic heterocycles. The molecule has 0 radical (unpaired) electrons. The van der Waals surface area contributed by atoms with E-state index in [0.29, 0.717) is 17.1 Å². The molecule has 6 nitrogen and oxygen atoms in total. The van der Waals surface area contributed by atoms with Crippen molar-refractivity contribution in [3.63, 3.8) is 0 Å². The molecule has 0 saturated heterocycles. The van der Waals surface area contributed by atoms with Gasteiger partial charge >= 0.3 is 6.18 Å². The molecule has 0 atom stereocenters. The minimum atomic E-state index is -4.37. The third kappa shape index (κ3) is 8.40. The number of rotatable bonds is 11. The van der Waals surface area contributed by atoms with E-state index in [2.05, 4.69) is 25.8 Å². The Labute approximate surface area is 196 Å². The van der Waals surface area contributed by atoms with Crippen molar-refractivity contribution in [2.24, 2.45) is 20.5 Å². The first-order valence-corrected chi connectivity index (χ1v) is 11.0. The van der Waals surface area contributed by atoms with Crippen molar-refractivity contribution in [2.45, 2.75) is 31.9 Å². The van der Waals surface area contributed by atoms with Crippen molar-refractivity contribution in [1.82, 2.24) is 0 Å². The maximum absolute atomic E-state index is 12.6. The Morgan fingerprint density at radius 1 is 0.588 bits per heavy atom. The molecule has 0 heterocycles. The zero-order chi connectivity index (χ0) is 24.2. The highest BCUT2D eigenvalue weighted by molar-refractivity contribution is 5.52. The highest BCUT2D eigenvalue weighted by Gasteiger charge is 2.29. The Bertz CT molecular complexity index is 1060. The molecule has 9 heteroatoms. The minimum absolute atomic E-state index is 0.255. The van der Waals surface area contributed by atoms with Gasteiger partial charge in [0.25, 0.3) is 0 Å². The number of hydrogen-bond donors (Lipinski definition) is 2. The summed E-state index contributed by atoms with van der Waals surface area (Å²) in [6, 6.07) is 19.0. The number of benzene rings is 3. The molecular formula is C25H26F3N5O. The monoisotopic (exact) mass is 469 g/mol. The number of aliphatic hydroxyl groups excluding tert-OH is 1. The predicted molar refractivity (Wildman–Crippen MR) is 127 cm³/mol. The third-order valence-corrected chi connectivity index (χ3v) is 4.89. The fraction of sp³-hybridized carbons (Fsp3) is 0.280. The van der Waals surface area contributed by atoms with Gasteiger partial charge in [0.1, 0.15) is 0 Å². The molecule has 0 unspecified atom stereocenters. The molecule has 0 fully saturated rings. The van der Waals surface area contributed by atoms with Crippen molar-refractivity contribution < 1.29 is 18.3 Å². The number of hydrogen-bond acceptors (Lipinski definition) is 6. The Morgan fingerprint density at radius 2 is 1.00 bits per heavy atom. The summed E-state index contributed by atoms with van der Waals surface area (Å²) in [6.07, 6.45) is -0.327. The zero-order valence-corrected chi connectivity index (χ0v) is 18.5. The first kappa shape index (κ1) is 25.0. The first-order chi connectivity index (χ1) is 16.4. The van der Waals surface area contributed by atoms with Crippen molar-refractivity contribution in [1.29, 1.82) is 0 Å². The quantitative estimate of drug-likeness (QED) is 0.218. The molecule has 3 rings (SSSR count). The number of nitrogens with zero attached hydrogens (tertiary/aromatic N) is 4. The number of unbranched alkanes of at least 4 members (excludes halogenated alkanes) is 3. The van der Waals surface area contributed by atoms with Gasteiger partial charge in [-0.15, -0.1) is 0 Å². The zero-order valence-electron chi connectivity index (χ0n) is 18.5. The molecule has 178 valence electrons. The van der Waals surface area contributed by atoms with Crippen LogP contribution < -0.4 is 5.32 Å². The van der Waals surface area contributed by atoms with Crippen molar-refractivity contribution >= 4 is 28.4 Å². The van der Waals surface area contributed by atoms with Crippen LogP contribution >= 0.6 is 0 Å². The predicted octanol–water partition coefficient (Wildman–Crippen LogP) is 8.50. The minimum Gasteiger partial charge on any atom is -0.396 e. The highest BCUT2D eigenvalue weighted by Crippen LogP contribution is 2.31. The maximum atomic E-state index is 12.6. The van der Waals surface area contributed by atoms with Crippen molar-refractivity contribution in [3.8, 4) is 0 Å². The number of halogens is 3. The first-order valence-electron chi connectivity index (χ1n) is 11.0. The summed E-state index contributed by atoms with van der Waals surface area (Å²) in [5.41, 5.74) is 2.53. The lowest BCUT2D eigenvalue weighted by atomic mass is 10.2. The average molecular weight is 470 g/mol. The molecule has 3 aromatic carbocycles. The van der Waals surface area contributed by atoms with Crippen LogP contribution in [0.5, 0.6) is 0 Å². The molecule has 0 bridgehead atoms. The number of aliphatic hydroxyl groups is 1. The van der Waals surface area contributed by atoms with Gasteiger partial charge in [-0.25, -0.2) is 0 Å². The van der Waals surface area contributed by atoms with E-state index >= 15 is 0 Å². The topological polar surface area (TPSA) is 81.7 Å². The second kappa shape index (κ2) is 12.6. The standard InChI is InChI=1S/C25H26F3N5O/c26-25(27,28)19-5-7-21(8-6-19)30-32-23-13-15-24(16-14-23)33-31-22-11-9-20(10-12-22)29-17-3-1-2-4-18-34/h5-16,29,34H,1-4,17-18H2. The van der Waals surface area contributed by atoms with Gasteiger partial charge in [-0.1, -0.05) is 12.8 Å². The van der Waals surface area contributed by atoms with Crippen LogP contribution in [0.3, 0.4) is 0 Å². The van der Waals surface area contributed by atoms with Crippen molar-refractivity contribution in [3.05, 3.63) is 78.4 Å². The summed E-state index contributed by atoms with van der Waals surface area (Å²) in [6.45, 7) is 1.14. The molecule has 0 aliphatic heterocycles. The third-order valence-electron chi connectivity index (χ3n) is 4.89. The van der Waals surface area contributed by atoms with E-state index in [0.717, 1.165) is 55.7 Å². The molecule has 34 heavy (non-hydrogen) atoms. The number of nitrogens with one attached hydrogen (secondary N) is 1. The maximum Gasteiger partial charge on any atom is 0.416 e. The Morgan fingerprint density at radius 3 is 1.44 bits per heavy atom. The lowest BCUT2D eigenvalue weighted by Gasteiger charge is -2.06. The van der Waals surface area contributed by atoms with Crippen molar-refractivity contribution in [2.75, 3.05) is 18.5 Å². The van der Waals surface area contributed by atoms with E-state index < -0.39 is 11.7 Å². The molecule has 0 spiro atoms. The Kier molecular flexibility index (Phi) is 9.28. The van der Waals surface area contributed by atoms with E-state index in [1.54, 1.807) is 24.3 Å². The summed E-state index contributed by atoms with van der Waals surface area (Å²) < 4.78 is 37.8. The van der Waals surface area contributed by atoms with Crippen LogP contribution in [0.15, 0.2) is 93.3 Å². The lowest BCUT2D eigenvalue weighted by Crippen LogP contribution is -2.03. The smallest absolute Gasteiger partial charge is 0.396 e. The van der Waals surface area contributed by atoms with Gasteiger partial charge in [0, 0.05) is 18.8 Å². The summed E-state index contributed by atoms with van der Waals surface area (Å²) in [5.74, 6) is 0. The normalized spacial score (nSPS) is 12.0. The van der Waals surface area contributed by atoms with Crippen LogP contribution in [0.25, 0.3) is 0 Å². The fourth-order valence-electron chi connectivity index (χ4n) is 3.00. The van der Waals surface area contributed by atoms with E-state index in [9.17, 15) is 13.2 Å². The van der Waals surface area contributed by atoms with Crippen LogP contribution in [0, 0.1) is 0 Å². The summed E-state index contributed by atoms with van der Waals surface area (Å²) in [5, 5.41) is 28.6. The van der Waals surface area contributed by atoms with Crippen LogP contribution in [0.2, 0.25) is 0 Å². The van der Waals surface area contributed by atoms with Gasteiger partial charge in [-0.2, -0.15) is 33.6 Å². The van der Waals surface area contributed by atoms with Gasteiger partial charge in [-0.3, -0.25) is 0 Å². The van der Waals surface area contributed by atoms with E-state index in [4.69, 9.17) is 5.11 Å². The van der Waals surface area contributed by atoms with Gasteiger partial charge < -0.3 is 10.4 Å². The molecule has 3 aromatic rings. The average Bonchev–Trinajstić information content (AvgIpc) is 2.85. The second-order valence-corrected chi connectivity index (χ2v) is 7.57. The lowest BCUT2D eigenvalue weighted by molar-refractivity contribution is -0.137. The van der Waals surface area contributed by atoms with Crippen LogP contribution in [0.1, 0.15) is 31.2 Å². The molecule has 0 saturated carbocycles. The van der Waals surface area contributed by atoms with Gasteiger partial charge in [0.05, 0.1) is 28.3 Å². The molecule has 2 N–H and O–H groups in total. The Balaban J connectivity index is 1.48. The van der Waals surface area contributed by atoms with Crippen LogP contribution in [-0.4, -0.2) is 18.3 Å². The number of azo groups is 2. The van der Waals surface area contributed by atoms with Gasteiger partial charge in [-0.05, 0) is 85.6 Å². The van der Waals surface area contributed by atoms with Gasteiger partial charge in [0.15, 0.2) is 0 Å². The van der Waals surface area contributed by atoms with Gasteiger partial charge in [0.2, 0.25) is 0 Å². The molecule has 0 amide bonds. The van der Waals surface area contributed by atoms with Crippen LogP contribution in [-0.2, 0) is 6.18 Å². The van der Waals surface area contributed by atoms with Crippen LogP contribution in [0.4, 0.5) is 41.6 Å².